The van der Waals surface area contributed by atoms with E-state index in [0.717, 1.165) is 0 Å². The van der Waals surface area contributed by atoms with Gasteiger partial charge in [-0.2, -0.15) is 0 Å². The van der Waals surface area contributed by atoms with Crippen LogP contribution in [-0.2, 0) is 13.8 Å². The summed E-state index contributed by atoms with van der Waals surface area (Å²) >= 11 is 3.08. The maximum Gasteiger partial charge on any atom is 0.318 e. The van der Waals surface area contributed by atoms with Crippen molar-refractivity contribution in [1.29, 1.82) is 0 Å². The van der Waals surface area contributed by atoms with Crippen molar-refractivity contribution in [2.45, 2.75) is 4.90 Å². The zero-order valence-corrected chi connectivity index (χ0v) is 12.4. The smallest absolute Gasteiger partial charge is 0.318 e. The Labute approximate surface area is 121 Å². The van der Waals surface area contributed by atoms with Crippen molar-refractivity contribution in [2.24, 2.45) is 5.73 Å². The van der Waals surface area contributed by atoms with Crippen LogP contribution in [0.5, 0.6) is 5.75 Å². The molecule has 0 unspecified atom stereocenters. The third kappa shape index (κ3) is 5.05. The predicted octanol–water partition coefficient (Wildman–Crippen LogP) is 0.950. The monoisotopic (exact) mass is 370 g/mol. The lowest BCUT2D eigenvalue weighted by molar-refractivity contribution is -0.122. The molecule has 0 aromatic heterocycles. The van der Waals surface area contributed by atoms with E-state index in [1.807, 2.05) is 0 Å². The van der Waals surface area contributed by atoms with Crippen LogP contribution in [0.3, 0.4) is 0 Å². The number of nitrogens with two attached hydrogens (primary N) is 1. The van der Waals surface area contributed by atoms with Gasteiger partial charge in [0.15, 0.2) is 6.61 Å². The summed E-state index contributed by atoms with van der Waals surface area (Å²) in [6, 6.07) is 3.02. The van der Waals surface area contributed by atoms with E-state index in [-0.39, 0.29) is 10.6 Å². The molecule has 10 heteroatoms. The average molecular weight is 372 g/mol. The van der Waals surface area contributed by atoms with Crippen LogP contribution < -0.4 is 15.8 Å². The topological polar surface area (TPSA) is 116 Å². The average Bonchev–Trinajstić information content (AvgIpc) is 2.25. The highest BCUT2D eigenvalue weighted by molar-refractivity contribution is 9.10. The van der Waals surface area contributed by atoms with E-state index in [2.05, 4.69) is 15.9 Å². The Morgan fingerprint density at radius 2 is 2.05 bits per heavy atom. The van der Waals surface area contributed by atoms with Gasteiger partial charge in [0.1, 0.15) is 10.6 Å². The van der Waals surface area contributed by atoms with Gasteiger partial charge in [0, 0.05) is 15.2 Å². The lowest BCUT2D eigenvalue weighted by Gasteiger charge is -2.09. The van der Waals surface area contributed by atoms with Gasteiger partial charge in [0.25, 0.3) is 15.0 Å². The number of ether oxygens (including phenoxy) is 1. The standard InChI is InChI=1S/C9H8BrClN2O5S/c10-5-1-2-6(7(3-5)19(11,16)17)18-4-8(14)13-9(12)15/h1-3H,4H2,(H3,12,13,14,15). The van der Waals surface area contributed by atoms with E-state index in [1.54, 1.807) is 5.32 Å². The Morgan fingerprint density at radius 3 is 2.58 bits per heavy atom. The summed E-state index contributed by atoms with van der Waals surface area (Å²) < 4.78 is 28.1. The van der Waals surface area contributed by atoms with Crippen LogP contribution in [0.1, 0.15) is 0 Å². The van der Waals surface area contributed by atoms with Gasteiger partial charge in [-0.3, -0.25) is 10.1 Å². The van der Waals surface area contributed by atoms with Crippen molar-refractivity contribution in [1.82, 2.24) is 5.32 Å². The normalized spacial score (nSPS) is 10.8. The molecule has 1 rings (SSSR count). The summed E-state index contributed by atoms with van der Waals surface area (Å²) in [5.74, 6) is -0.925. The number of rotatable bonds is 4. The molecule has 1 aromatic rings. The van der Waals surface area contributed by atoms with E-state index in [0.29, 0.717) is 4.47 Å². The summed E-state index contributed by atoms with van der Waals surface area (Å²) in [7, 11) is 1.20. The van der Waals surface area contributed by atoms with Crippen molar-refractivity contribution >= 4 is 47.6 Å². The molecule has 0 aliphatic carbocycles. The molecule has 0 aliphatic heterocycles. The van der Waals surface area contributed by atoms with Gasteiger partial charge in [-0.05, 0) is 18.2 Å². The van der Waals surface area contributed by atoms with E-state index in [4.69, 9.17) is 21.2 Å². The summed E-state index contributed by atoms with van der Waals surface area (Å²) in [5.41, 5.74) is 4.73. The van der Waals surface area contributed by atoms with Gasteiger partial charge in [0.2, 0.25) is 0 Å². The van der Waals surface area contributed by atoms with Crippen molar-refractivity contribution in [3.8, 4) is 5.75 Å². The Hall–Kier alpha value is -1.32. The molecule has 0 heterocycles. The Morgan fingerprint density at radius 1 is 1.42 bits per heavy atom. The molecular weight excluding hydrogens is 364 g/mol. The molecule has 7 nitrogen and oxygen atoms in total. The number of imide groups is 1. The zero-order chi connectivity index (χ0) is 14.6. The van der Waals surface area contributed by atoms with Gasteiger partial charge in [-0.1, -0.05) is 15.9 Å². The summed E-state index contributed by atoms with van der Waals surface area (Å²) in [6.07, 6.45) is 0. The van der Waals surface area contributed by atoms with E-state index < -0.39 is 27.6 Å². The minimum atomic E-state index is -4.03. The minimum absolute atomic E-state index is 0.113. The highest BCUT2D eigenvalue weighted by Crippen LogP contribution is 2.29. The van der Waals surface area contributed by atoms with E-state index >= 15 is 0 Å². The zero-order valence-electron chi connectivity index (χ0n) is 9.22. The Kier molecular flexibility index (Phi) is 5.15. The summed E-state index contributed by atoms with van der Waals surface area (Å²) in [6.45, 7) is -0.579. The quantitative estimate of drug-likeness (QED) is 0.765. The van der Waals surface area contributed by atoms with Crippen molar-refractivity contribution < 1.29 is 22.7 Å². The number of nitrogens with one attached hydrogen (secondary N) is 1. The third-order valence-electron chi connectivity index (χ3n) is 1.79. The molecule has 1 aromatic carbocycles. The predicted molar refractivity (Wildman–Crippen MR) is 70.4 cm³/mol. The molecule has 0 spiro atoms. The lowest BCUT2D eigenvalue weighted by atomic mass is 10.3. The number of primary amides is 1. The first-order valence-electron chi connectivity index (χ1n) is 4.66. The number of urea groups is 1. The molecule has 19 heavy (non-hydrogen) atoms. The molecule has 0 aliphatic rings. The third-order valence-corrected chi connectivity index (χ3v) is 3.63. The maximum absolute atomic E-state index is 11.3. The van der Waals surface area contributed by atoms with Crippen molar-refractivity contribution in [2.75, 3.05) is 6.61 Å². The van der Waals surface area contributed by atoms with Crippen molar-refractivity contribution in [3.63, 3.8) is 0 Å². The molecular formula is C9H8BrClN2O5S. The summed E-state index contributed by atoms with van der Waals surface area (Å²) in [5, 5.41) is 1.77. The molecule has 3 amide bonds. The molecule has 0 bridgehead atoms. The number of carbonyl (C=O) groups is 2. The highest BCUT2D eigenvalue weighted by Gasteiger charge is 2.18. The molecule has 0 atom stereocenters. The van der Waals surface area contributed by atoms with Crippen LogP contribution >= 0.6 is 26.6 Å². The molecule has 0 fully saturated rings. The van der Waals surface area contributed by atoms with Crippen LogP contribution in [0.25, 0.3) is 0 Å². The largest absolute Gasteiger partial charge is 0.482 e. The minimum Gasteiger partial charge on any atom is -0.482 e. The molecule has 0 saturated heterocycles. The fourth-order valence-corrected chi connectivity index (χ4v) is 2.62. The molecule has 3 N–H and O–H groups in total. The van der Waals surface area contributed by atoms with Gasteiger partial charge in [-0.15, -0.1) is 0 Å². The molecule has 104 valence electrons. The number of hydrogen-bond donors (Lipinski definition) is 2. The Bertz CT molecular complexity index is 619. The fourth-order valence-electron chi connectivity index (χ4n) is 1.11. The van der Waals surface area contributed by atoms with E-state index in [9.17, 15) is 18.0 Å². The number of carbonyl (C=O) groups excluding carboxylic acids is 2. The molecule has 0 radical (unpaired) electrons. The maximum atomic E-state index is 11.3. The van der Waals surface area contributed by atoms with E-state index in [1.165, 1.54) is 18.2 Å². The first-order chi connectivity index (χ1) is 8.70. The SMILES string of the molecule is NC(=O)NC(=O)COc1ccc(Br)cc1S(=O)(=O)Cl. The van der Waals surface area contributed by atoms with Crippen LogP contribution in [-0.4, -0.2) is 27.0 Å². The van der Waals surface area contributed by atoms with Gasteiger partial charge in [0.05, 0.1) is 0 Å². The second-order valence-electron chi connectivity index (χ2n) is 3.23. The fraction of sp³-hybridized carbons (Fsp3) is 0.111. The van der Waals surface area contributed by atoms with Gasteiger partial charge in [-0.25, -0.2) is 13.2 Å². The van der Waals surface area contributed by atoms with Crippen LogP contribution in [0, 0.1) is 0 Å². The number of amides is 3. The van der Waals surface area contributed by atoms with Crippen LogP contribution in [0.4, 0.5) is 4.79 Å². The number of halogens is 2. The lowest BCUT2D eigenvalue weighted by Crippen LogP contribution is -2.38. The second kappa shape index (κ2) is 6.22. The summed E-state index contributed by atoms with van der Waals surface area (Å²) in [4.78, 5) is 21.2. The first-order valence-corrected chi connectivity index (χ1v) is 7.76. The van der Waals surface area contributed by atoms with Crippen LogP contribution in [0.15, 0.2) is 27.6 Å². The van der Waals surface area contributed by atoms with Crippen molar-refractivity contribution in [3.05, 3.63) is 22.7 Å². The van der Waals surface area contributed by atoms with Gasteiger partial charge < -0.3 is 10.5 Å². The second-order valence-corrected chi connectivity index (χ2v) is 6.68. The molecule has 0 saturated carbocycles. The highest BCUT2D eigenvalue weighted by atomic mass is 79.9. The Balaban J connectivity index is 2.90. The van der Waals surface area contributed by atoms with Gasteiger partial charge >= 0.3 is 6.03 Å². The first kappa shape index (κ1) is 15.7. The number of benzene rings is 1. The number of hydrogen-bond acceptors (Lipinski definition) is 5. The van der Waals surface area contributed by atoms with Crippen LogP contribution in [0.2, 0.25) is 0 Å².